The molecule has 0 saturated carbocycles. The third-order valence-corrected chi connectivity index (χ3v) is 3.10. The fourth-order valence-electron chi connectivity index (χ4n) is 1.53. The van der Waals surface area contributed by atoms with Crippen molar-refractivity contribution in [2.24, 2.45) is 5.41 Å². The van der Waals surface area contributed by atoms with Crippen LogP contribution in [0.4, 0.5) is 0 Å². The maximum absolute atomic E-state index is 11.4. The van der Waals surface area contributed by atoms with Crippen LogP contribution in [-0.2, 0) is 4.43 Å². The first-order valence-electron chi connectivity index (χ1n) is 5.69. The second-order valence-corrected chi connectivity index (χ2v) is 7.83. The van der Waals surface area contributed by atoms with Crippen LogP contribution in [0.3, 0.4) is 0 Å². The van der Waals surface area contributed by atoms with Crippen LogP contribution in [-0.4, -0.2) is 14.1 Å². The van der Waals surface area contributed by atoms with Gasteiger partial charge < -0.3 is 13.9 Å². The van der Waals surface area contributed by atoms with E-state index in [2.05, 4.69) is 13.1 Å². The van der Waals surface area contributed by atoms with Gasteiger partial charge in [-0.05, 0) is 18.5 Å². The van der Waals surface area contributed by atoms with Crippen molar-refractivity contribution in [3.05, 3.63) is 28.3 Å². The number of hydrogen-bond acceptors (Lipinski definition) is 4. The molecule has 1 atom stereocenters. The molecule has 1 aromatic heterocycles. The van der Waals surface area contributed by atoms with Crippen molar-refractivity contribution >= 4 is 9.04 Å². The molecule has 0 spiro atoms. The standard InChI is InChI=1S/C12H20O4Si/c1-12(2,3)11(16-17(4)5)10-6-8(13)9(14)7-15-10/h6-7,11,14,17H,1-5H3. The highest BCUT2D eigenvalue weighted by molar-refractivity contribution is 6.48. The molecule has 0 saturated heterocycles. The smallest absolute Gasteiger partial charge is 0.226 e. The van der Waals surface area contributed by atoms with Gasteiger partial charge in [0.15, 0.2) is 14.8 Å². The highest BCUT2D eigenvalue weighted by Crippen LogP contribution is 2.36. The summed E-state index contributed by atoms with van der Waals surface area (Å²) in [5.41, 5.74) is -0.598. The van der Waals surface area contributed by atoms with E-state index in [1.54, 1.807) is 0 Å². The first kappa shape index (κ1) is 14.0. The lowest BCUT2D eigenvalue weighted by Gasteiger charge is -2.31. The summed E-state index contributed by atoms with van der Waals surface area (Å²) in [5, 5.41) is 9.17. The zero-order chi connectivity index (χ0) is 13.2. The van der Waals surface area contributed by atoms with Crippen LogP contribution >= 0.6 is 0 Å². The van der Waals surface area contributed by atoms with Crippen LogP contribution in [0.15, 0.2) is 21.5 Å². The topological polar surface area (TPSA) is 59.7 Å². The van der Waals surface area contributed by atoms with Gasteiger partial charge in [-0.15, -0.1) is 0 Å². The average Bonchev–Trinajstić information content (AvgIpc) is 2.17. The third kappa shape index (κ3) is 3.71. The molecule has 0 amide bonds. The molecule has 1 unspecified atom stereocenters. The predicted octanol–water partition coefficient (Wildman–Crippen LogP) is 2.43. The van der Waals surface area contributed by atoms with E-state index in [4.69, 9.17) is 8.84 Å². The fraction of sp³-hybridized carbons (Fsp3) is 0.583. The van der Waals surface area contributed by atoms with Crippen molar-refractivity contribution in [1.82, 2.24) is 0 Å². The summed E-state index contributed by atoms with van der Waals surface area (Å²) < 4.78 is 11.2. The van der Waals surface area contributed by atoms with Crippen molar-refractivity contribution in [2.75, 3.05) is 0 Å². The molecule has 0 fully saturated rings. The Morgan fingerprint density at radius 1 is 1.41 bits per heavy atom. The Kier molecular flexibility index (Phi) is 4.16. The Morgan fingerprint density at radius 2 is 2.00 bits per heavy atom. The fourth-order valence-corrected chi connectivity index (χ4v) is 2.61. The average molecular weight is 256 g/mol. The Morgan fingerprint density at radius 3 is 2.41 bits per heavy atom. The van der Waals surface area contributed by atoms with E-state index < -0.39 is 14.5 Å². The van der Waals surface area contributed by atoms with E-state index in [1.165, 1.54) is 6.07 Å². The lowest BCUT2D eigenvalue weighted by atomic mass is 9.87. The van der Waals surface area contributed by atoms with Crippen molar-refractivity contribution < 1.29 is 13.9 Å². The van der Waals surface area contributed by atoms with E-state index >= 15 is 0 Å². The quantitative estimate of drug-likeness (QED) is 0.844. The minimum Gasteiger partial charge on any atom is -0.502 e. The second-order valence-electron chi connectivity index (χ2n) is 5.46. The number of rotatable bonds is 3. The van der Waals surface area contributed by atoms with Gasteiger partial charge in [0.2, 0.25) is 5.43 Å². The third-order valence-electron chi connectivity index (χ3n) is 2.29. The summed E-state index contributed by atoms with van der Waals surface area (Å²) in [6, 6.07) is 1.31. The van der Waals surface area contributed by atoms with Gasteiger partial charge in [0.1, 0.15) is 18.1 Å². The maximum atomic E-state index is 11.4. The van der Waals surface area contributed by atoms with Crippen molar-refractivity contribution in [3.63, 3.8) is 0 Å². The largest absolute Gasteiger partial charge is 0.502 e. The van der Waals surface area contributed by atoms with E-state index in [0.29, 0.717) is 5.76 Å². The molecule has 0 aliphatic carbocycles. The highest BCUT2D eigenvalue weighted by Gasteiger charge is 2.30. The summed E-state index contributed by atoms with van der Waals surface area (Å²) in [5.74, 6) is 0.102. The van der Waals surface area contributed by atoms with Crippen LogP contribution in [0.25, 0.3) is 0 Å². The highest BCUT2D eigenvalue weighted by atomic mass is 28.3. The van der Waals surface area contributed by atoms with Crippen LogP contribution in [0.5, 0.6) is 5.75 Å². The summed E-state index contributed by atoms with van der Waals surface area (Å²) in [4.78, 5) is 11.4. The summed E-state index contributed by atoms with van der Waals surface area (Å²) in [6.07, 6.45) is 0.809. The minimum atomic E-state index is -1.25. The van der Waals surface area contributed by atoms with Gasteiger partial charge in [0.05, 0.1) is 0 Å². The van der Waals surface area contributed by atoms with Crippen LogP contribution in [0.2, 0.25) is 13.1 Å². The van der Waals surface area contributed by atoms with Crippen molar-refractivity contribution in [3.8, 4) is 5.75 Å². The Balaban J connectivity index is 3.13. The molecular formula is C12H20O4Si. The molecule has 0 radical (unpaired) electrons. The lowest BCUT2D eigenvalue weighted by Crippen LogP contribution is -2.26. The van der Waals surface area contributed by atoms with Crippen molar-refractivity contribution in [1.29, 1.82) is 0 Å². The summed E-state index contributed by atoms with van der Waals surface area (Å²) >= 11 is 0. The molecule has 1 heterocycles. The van der Waals surface area contributed by atoms with Gasteiger partial charge in [-0.25, -0.2) is 0 Å². The van der Waals surface area contributed by atoms with Crippen molar-refractivity contribution in [2.45, 2.75) is 40.0 Å². The lowest BCUT2D eigenvalue weighted by molar-refractivity contribution is 0.0640. The summed E-state index contributed by atoms with van der Waals surface area (Å²) in [7, 11) is -1.25. The first-order valence-corrected chi connectivity index (χ1v) is 8.47. The molecule has 17 heavy (non-hydrogen) atoms. The first-order chi connectivity index (χ1) is 7.71. The van der Waals surface area contributed by atoms with Gasteiger partial charge in [0.25, 0.3) is 0 Å². The molecule has 96 valence electrons. The van der Waals surface area contributed by atoms with Crippen LogP contribution in [0, 0.1) is 5.41 Å². The van der Waals surface area contributed by atoms with Gasteiger partial charge in [-0.3, -0.25) is 4.79 Å². The van der Waals surface area contributed by atoms with E-state index in [0.717, 1.165) is 6.26 Å². The van der Waals surface area contributed by atoms with E-state index in [-0.39, 0.29) is 17.3 Å². The Hall–Kier alpha value is -1.07. The van der Waals surface area contributed by atoms with Gasteiger partial charge in [-0.2, -0.15) is 0 Å². The number of hydrogen-bond donors (Lipinski definition) is 1. The van der Waals surface area contributed by atoms with Crippen LogP contribution in [0.1, 0.15) is 32.6 Å². The zero-order valence-electron chi connectivity index (χ0n) is 11.0. The normalized spacial score (nSPS) is 14.0. The molecule has 0 aromatic carbocycles. The zero-order valence-corrected chi connectivity index (χ0v) is 12.1. The second kappa shape index (κ2) is 5.06. The molecule has 5 heteroatoms. The van der Waals surface area contributed by atoms with Gasteiger partial charge >= 0.3 is 0 Å². The molecule has 1 aromatic rings. The SMILES string of the molecule is C[SiH](C)OC(c1cc(=O)c(O)co1)C(C)(C)C. The molecule has 1 N–H and O–H groups in total. The Bertz CT molecular complexity index is 431. The van der Waals surface area contributed by atoms with Crippen LogP contribution < -0.4 is 5.43 Å². The molecule has 1 rings (SSSR count). The van der Waals surface area contributed by atoms with E-state index in [1.807, 2.05) is 20.8 Å². The molecule has 0 aliphatic rings. The van der Waals surface area contributed by atoms with Gasteiger partial charge in [-0.1, -0.05) is 20.8 Å². The maximum Gasteiger partial charge on any atom is 0.226 e. The van der Waals surface area contributed by atoms with E-state index in [9.17, 15) is 9.90 Å². The molecule has 0 bridgehead atoms. The molecule has 4 nitrogen and oxygen atoms in total. The summed E-state index contributed by atoms with van der Waals surface area (Å²) in [6.45, 7) is 10.2. The molecule has 0 aliphatic heterocycles. The monoisotopic (exact) mass is 256 g/mol. The molecular weight excluding hydrogens is 236 g/mol. The Labute approximate surface area is 103 Å². The van der Waals surface area contributed by atoms with Gasteiger partial charge in [0, 0.05) is 6.07 Å². The minimum absolute atomic E-state index is 0.163. The predicted molar refractivity (Wildman–Crippen MR) is 68.8 cm³/mol. The number of aromatic hydroxyl groups is 1.